The normalized spacial score (nSPS) is 12.1. The van der Waals surface area contributed by atoms with Crippen molar-refractivity contribution in [3.05, 3.63) is 29.3 Å². The fourth-order valence-corrected chi connectivity index (χ4v) is 1.64. The van der Waals surface area contributed by atoms with Crippen molar-refractivity contribution in [2.75, 3.05) is 6.54 Å². The van der Waals surface area contributed by atoms with Gasteiger partial charge in [0.2, 0.25) is 5.91 Å². The first-order valence-corrected chi connectivity index (χ1v) is 6.70. The largest absolute Gasteiger partial charge is 0.507 e. The third-order valence-electron chi connectivity index (χ3n) is 2.91. The maximum absolute atomic E-state index is 12.0. The minimum Gasteiger partial charge on any atom is -0.507 e. The summed E-state index contributed by atoms with van der Waals surface area (Å²) in [5, 5.41) is 15.2. The van der Waals surface area contributed by atoms with E-state index >= 15 is 0 Å². The summed E-state index contributed by atoms with van der Waals surface area (Å²) in [4.78, 5) is 23.8. The van der Waals surface area contributed by atoms with Gasteiger partial charge < -0.3 is 15.7 Å². The highest BCUT2D eigenvalue weighted by Gasteiger charge is 2.19. The van der Waals surface area contributed by atoms with Crippen LogP contribution in [0.1, 0.15) is 36.7 Å². The summed E-state index contributed by atoms with van der Waals surface area (Å²) < 4.78 is 0. The molecule has 0 spiro atoms. The summed E-state index contributed by atoms with van der Waals surface area (Å²) in [6, 6.07) is 4.27. The van der Waals surface area contributed by atoms with Crippen molar-refractivity contribution in [1.82, 2.24) is 10.6 Å². The predicted octanol–water partition coefficient (Wildman–Crippen LogP) is 1.59. The molecule has 20 heavy (non-hydrogen) atoms. The van der Waals surface area contributed by atoms with Crippen molar-refractivity contribution in [3.63, 3.8) is 0 Å². The Bertz CT molecular complexity index is 498. The molecule has 0 aliphatic carbocycles. The van der Waals surface area contributed by atoms with Crippen LogP contribution < -0.4 is 10.6 Å². The first-order chi connectivity index (χ1) is 9.32. The molecule has 5 heteroatoms. The van der Waals surface area contributed by atoms with Gasteiger partial charge in [0.25, 0.3) is 5.91 Å². The van der Waals surface area contributed by atoms with Crippen LogP contribution in [-0.2, 0) is 4.79 Å². The molecule has 1 aromatic carbocycles. The molecule has 0 aliphatic heterocycles. The number of hydrogen-bond acceptors (Lipinski definition) is 3. The van der Waals surface area contributed by atoms with Crippen molar-refractivity contribution >= 4 is 11.8 Å². The summed E-state index contributed by atoms with van der Waals surface area (Å²) >= 11 is 0. The third kappa shape index (κ3) is 4.26. The molecule has 5 nitrogen and oxygen atoms in total. The second-order valence-electron chi connectivity index (χ2n) is 5.31. The molecule has 2 amide bonds. The number of benzene rings is 1. The standard InChI is InChI=1S/C15H22N2O3/c1-9(2)8-16-14(19)11(4)17-15(20)12-7-5-6-10(3)13(12)18/h5-7,9,11,18H,8H2,1-4H3,(H,16,19)(H,17,20). The second-order valence-corrected chi connectivity index (χ2v) is 5.31. The van der Waals surface area contributed by atoms with Gasteiger partial charge in [0.05, 0.1) is 5.56 Å². The van der Waals surface area contributed by atoms with E-state index < -0.39 is 11.9 Å². The summed E-state index contributed by atoms with van der Waals surface area (Å²) in [5.41, 5.74) is 0.795. The van der Waals surface area contributed by atoms with Crippen LogP contribution >= 0.6 is 0 Å². The van der Waals surface area contributed by atoms with Crippen molar-refractivity contribution in [2.24, 2.45) is 5.92 Å². The number of phenolic OH excluding ortho intramolecular Hbond substituents is 1. The monoisotopic (exact) mass is 278 g/mol. The van der Waals surface area contributed by atoms with Gasteiger partial charge in [-0.2, -0.15) is 0 Å². The summed E-state index contributed by atoms with van der Waals surface area (Å²) in [6.45, 7) is 7.88. The van der Waals surface area contributed by atoms with Crippen LogP contribution in [0.5, 0.6) is 5.75 Å². The number of carbonyl (C=O) groups excluding carboxylic acids is 2. The highest BCUT2D eigenvalue weighted by atomic mass is 16.3. The van der Waals surface area contributed by atoms with E-state index in [-0.39, 0.29) is 17.2 Å². The van der Waals surface area contributed by atoms with Crippen LogP contribution in [0.15, 0.2) is 18.2 Å². The number of phenols is 1. The first kappa shape index (κ1) is 16.0. The van der Waals surface area contributed by atoms with Gasteiger partial charge in [0.1, 0.15) is 11.8 Å². The zero-order valence-electron chi connectivity index (χ0n) is 12.4. The maximum Gasteiger partial charge on any atom is 0.255 e. The number of hydrogen-bond donors (Lipinski definition) is 3. The van der Waals surface area contributed by atoms with E-state index in [1.165, 1.54) is 6.07 Å². The molecule has 0 saturated carbocycles. The summed E-state index contributed by atoms with van der Waals surface area (Å²) in [7, 11) is 0. The molecule has 1 rings (SSSR count). The molecule has 1 aromatic rings. The topological polar surface area (TPSA) is 78.4 Å². The number of rotatable bonds is 5. The van der Waals surface area contributed by atoms with Gasteiger partial charge >= 0.3 is 0 Å². The van der Waals surface area contributed by atoms with Crippen LogP contribution in [-0.4, -0.2) is 29.5 Å². The number of nitrogens with one attached hydrogen (secondary N) is 2. The molecule has 1 atom stereocenters. The van der Waals surface area contributed by atoms with Crippen LogP contribution in [0.3, 0.4) is 0 Å². The number of aromatic hydroxyl groups is 1. The van der Waals surface area contributed by atoms with Gasteiger partial charge in [-0.3, -0.25) is 9.59 Å². The first-order valence-electron chi connectivity index (χ1n) is 6.70. The Labute approximate surface area is 119 Å². The molecule has 0 bridgehead atoms. The molecule has 0 aliphatic rings. The number of carbonyl (C=O) groups is 2. The van der Waals surface area contributed by atoms with E-state index in [0.29, 0.717) is 18.0 Å². The maximum atomic E-state index is 12.0. The lowest BCUT2D eigenvalue weighted by atomic mass is 10.1. The zero-order chi connectivity index (χ0) is 15.3. The average molecular weight is 278 g/mol. The third-order valence-corrected chi connectivity index (χ3v) is 2.91. The molecular formula is C15H22N2O3. The van der Waals surface area contributed by atoms with Crippen LogP contribution in [0, 0.1) is 12.8 Å². The lowest BCUT2D eigenvalue weighted by molar-refractivity contribution is -0.122. The Kier molecular flexibility index (Phi) is 5.55. The fraction of sp³-hybridized carbons (Fsp3) is 0.467. The Morgan fingerprint density at radius 3 is 2.50 bits per heavy atom. The molecule has 3 N–H and O–H groups in total. The van der Waals surface area contributed by atoms with E-state index in [1.54, 1.807) is 26.0 Å². The second kappa shape index (κ2) is 6.93. The van der Waals surface area contributed by atoms with Crippen LogP contribution in [0.25, 0.3) is 0 Å². The van der Waals surface area contributed by atoms with Crippen LogP contribution in [0.2, 0.25) is 0 Å². The van der Waals surface area contributed by atoms with Gasteiger partial charge in [0.15, 0.2) is 0 Å². The van der Waals surface area contributed by atoms with E-state index in [4.69, 9.17) is 0 Å². The smallest absolute Gasteiger partial charge is 0.255 e. The molecule has 0 aromatic heterocycles. The summed E-state index contributed by atoms with van der Waals surface area (Å²) in [5.74, 6) is -0.403. The summed E-state index contributed by atoms with van der Waals surface area (Å²) in [6.07, 6.45) is 0. The fourth-order valence-electron chi connectivity index (χ4n) is 1.64. The number of amides is 2. The lowest BCUT2D eigenvalue weighted by Crippen LogP contribution is -2.45. The molecule has 0 saturated heterocycles. The van der Waals surface area contributed by atoms with Gasteiger partial charge in [-0.15, -0.1) is 0 Å². The van der Waals surface area contributed by atoms with E-state index in [2.05, 4.69) is 10.6 Å². The minimum atomic E-state index is -0.652. The van der Waals surface area contributed by atoms with E-state index in [0.717, 1.165) is 0 Å². The lowest BCUT2D eigenvalue weighted by Gasteiger charge is -2.16. The Morgan fingerprint density at radius 2 is 1.90 bits per heavy atom. The van der Waals surface area contributed by atoms with Gasteiger partial charge in [-0.1, -0.05) is 26.0 Å². The Balaban J connectivity index is 2.66. The number of para-hydroxylation sites is 1. The molecule has 0 radical (unpaired) electrons. The quantitative estimate of drug-likeness (QED) is 0.765. The minimum absolute atomic E-state index is 0.0558. The molecular weight excluding hydrogens is 256 g/mol. The highest BCUT2D eigenvalue weighted by molar-refractivity contribution is 5.99. The van der Waals surface area contributed by atoms with Crippen molar-refractivity contribution < 1.29 is 14.7 Å². The van der Waals surface area contributed by atoms with Crippen molar-refractivity contribution in [2.45, 2.75) is 33.7 Å². The molecule has 1 unspecified atom stereocenters. The van der Waals surface area contributed by atoms with Gasteiger partial charge in [0, 0.05) is 6.54 Å². The predicted molar refractivity (Wildman–Crippen MR) is 77.6 cm³/mol. The Hall–Kier alpha value is -2.04. The SMILES string of the molecule is Cc1cccc(C(=O)NC(C)C(=O)NCC(C)C)c1O. The van der Waals surface area contributed by atoms with Gasteiger partial charge in [-0.25, -0.2) is 0 Å². The van der Waals surface area contributed by atoms with Crippen LogP contribution in [0.4, 0.5) is 0 Å². The van der Waals surface area contributed by atoms with Crippen molar-refractivity contribution in [1.29, 1.82) is 0 Å². The molecule has 110 valence electrons. The Morgan fingerprint density at radius 1 is 1.25 bits per heavy atom. The van der Waals surface area contributed by atoms with Gasteiger partial charge in [-0.05, 0) is 31.4 Å². The van der Waals surface area contributed by atoms with E-state index in [9.17, 15) is 14.7 Å². The van der Waals surface area contributed by atoms with E-state index in [1.807, 2.05) is 13.8 Å². The molecule has 0 heterocycles. The highest BCUT2D eigenvalue weighted by Crippen LogP contribution is 2.21. The average Bonchev–Trinajstić information content (AvgIpc) is 2.38. The van der Waals surface area contributed by atoms with Crippen molar-refractivity contribution in [3.8, 4) is 5.75 Å². The molecule has 0 fully saturated rings. The number of aryl methyl sites for hydroxylation is 1. The zero-order valence-corrected chi connectivity index (χ0v) is 12.4.